The predicted octanol–water partition coefficient (Wildman–Crippen LogP) is 3.42. The van der Waals surface area contributed by atoms with Gasteiger partial charge in [-0.25, -0.2) is 0 Å². The predicted molar refractivity (Wildman–Crippen MR) is 88.2 cm³/mol. The van der Waals surface area contributed by atoms with E-state index in [0.717, 1.165) is 34.3 Å². The molecule has 0 atom stereocenters. The molecular weight excluding hydrogens is 268 g/mol. The fourth-order valence-electron chi connectivity index (χ4n) is 2.28. The largest absolute Gasteiger partial charge is 0.369 e. The Balaban J connectivity index is 2.68. The molecule has 4 nitrogen and oxygen atoms in total. The number of aliphatic imine (C=N–C) groups is 1. The van der Waals surface area contributed by atoms with Crippen molar-refractivity contribution in [2.45, 2.75) is 54.0 Å². The summed E-state index contributed by atoms with van der Waals surface area (Å²) >= 11 is 5.53. The highest BCUT2D eigenvalue weighted by Gasteiger charge is 2.28. The molecule has 0 saturated carbocycles. The Bertz CT molecular complexity index is 561. The zero-order valence-electron chi connectivity index (χ0n) is 13.2. The molecule has 0 bridgehead atoms. The molecule has 0 unspecified atom stereocenters. The van der Waals surface area contributed by atoms with Crippen molar-refractivity contribution in [2.75, 3.05) is 6.54 Å². The maximum atomic E-state index is 5.53. The van der Waals surface area contributed by atoms with Crippen molar-refractivity contribution in [3.63, 3.8) is 0 Å². The molecule has 1 aromatic heterocycles. The van der Waals surface area contributed by atoms with Crippen LogP contribution < -0.4 is 5.32 Å². The third-order valence-electron chi connectivity index (χ3n) is 3.54. The van der Waals surface area contributed by atoms with E-state index < -0.39 is 0 Å². The smallest absolute Gasteiger partial charge is 0.127 e. The van der Waals surface area contributed by atoms with Gasteiger partial charge < -0.3 is 5.32 Å². The summed E-state index contributed by atoms with van der Waals surface area (Å²) in [5.41, 5.74) is 4.10. The lowest BCUT2D eigenvalue weighted by Crippen LogP contribution is -2.34. The lowest BCUT2D eigenvalue weighted by molar-refractivity contribution is 0.580. The van der Waals surface area contributed by atoms with Crippen LogP contribution in [-0.4, -0.2) is 27.0 Å². The molecule has 1 aromatic rings. The topological polar surface area (TPSA) is 42.2 Å². The van der Waals surface area contributed by atoms with Gasteiger partial charge in [0.05, 0.1) is 12.2 Å². The molecule has 0 spiro atoms. The van der Waals surface area contributed by atoms with Crippen molar-refractivity contribution in [3.8, 4) is 0 Å². The zero-order chi connectivity index (χ0) is 15.1. The van der Waals surface area contributed by atoms with Crippen molar-refractivity contribution >= 4 is 28.6 Å². The van der Waals surface area contributed by atoms with Crippen LogP contribution in [0.2, 0.25) is 0 Å². The molecule has 1 N–H and O–H groups in total. The molecule has 0 fully saturated rings. The number of hydrogen-bond donors (Lipinski definition) is 1. The Labute approximate surface area is 126 Å². The molecule has 2 rings (SSSR count). The van der Waals surface area contributed by atoms with E-state index in [1.165, 1.54) is 0 Å². The van der Waals surface area contributed by atoms with Crippen LogP contribution in [0.4, 0.5) is 5.69 Å². The first-order valence-corrected chi connectivity index (χ1v) is 7.63. The number of thiocarbonyl (C=S) groups is 1. The van der Waals surface area contributed by atoms with Gasteiger partial charge in [-0.3, -0.25) is 9.67 Å². The summed E-state index contributed by atoms with van der Waals surface area (Å²) in [6, 6.07) is 0. The average Bonchev–Trinajstić information content (AvgIpc) is 2.62. The van der Waals surface area contributed by atoms with E-state index in [2.05, 4.69) is 46.9 Å². The summed E-state index contributed by atoms with van der Waals surface area (Å²) in [7, 11) is 0. The van der Waals surface area contributed by atoms with Gasteiger partial charge in [0.2, 0.25) is 0 Å². The summed E-state index contributed by atoms with van der Waals surface area (Å²) in [6.07, 6.45) is 0. The minimum atomic E-state index is 0.0206. The molecule has 1 aliphatic heterocycles. The highest BCUT2D eigenvalue weighted by atomic mass is 32.1. The van der Waals surface area contributed by atoms with Crippen LogP contribution in [0.25, 0.3) is 0 Å². The van der Waals surface area contributed by atoms with Gasteiger partial charge in [0.15, 0.2) is 0 Å². The van der Waals surface area contributed by atoms with Gasteiger partial charge in [0, 0.05) is 17.7 Å². The minimum Gasteiger partial charge on any atom is -0.369 e. The second-order valence-corrected chi connectivity index (χ2v) is 6.95. The molecule has 0 saturated heterocycles. The molecule has 0 amide bonds. The molecule has 2 heterocycles. The third-order valence-corrected chi connectivity index (χ3v) is 3.88. The molecule has 0 aliphatic carbocycles. The molecule has 110 valence electrons. The molecule has 1 aliphatic rings. The Morgan fingerprint density at radius 2 is 2.00 bits per heavy atom. The monoisotopic (exact) mass is 292 g/mol. The Morgan fingerprint density at radius 3 is 2.50 bits per heavy atom. The fourth-order valence-corrected chi connectivity index (χ4v) is 2.55. The van der Waals surface area contributed by atoms with Crippen molar-refractivity contribution < 1.29 is 0 Å². The van der Waals surface area contributed by atoms with Crippen LogP contribution >= 0.6 is 12.2 Å². The van der Waals surface area contributed by atoms with Crippen LogP contribution in [-0.2, 0) is 6.54 Å². The quantitative estimate of drug-likeness (QED) is 0.849. The van der Waals surface area contributed by atoms with E-state index in [0.29, 0.717) is 12.5 Å². The van der Waals surface area contributed by atoms with Gasteiger partial charge in [-0.2, -0.15) is 5.10 Å². The van der Waals surface area contributed by atoms with Crippen LogP contribution in [0.1, 0.15) is 58.8 Å². The normalized spacial score (nSPS) is 15.8. The van der Waals surface area contributed by atoms with Gasteiger partial charge in [-0.15, -0.1) is 0 Å². The maximum absolute atomic E-state index is 5.53. The number of nitrogens with zero attached hydrogens (tertiary/aromatic N) is 3. The van der Waals surface area contributed by atoms with E-state index in [9.17, 15) is 0 Å². The molecule has 5 heteroatoms. The van der Waals surface area contributed by atoms with Crippen molar-refractivity contribution in [3.05, 3.63) is 11.4 Å². The lowest BCUT2D eigenvalue weighted by atomic mass is 9.90. The number of aryl methyl sites for hydroxylation is 1. The number of hydrogen-bond acceptors (Lipinski definition) is 3. The van der Waals surface area contributed by atoms with Gasteiger partial charge >= 0.3 is 0 Å². The molecule has 0 aromatic carbocycles. The Kier molecular flexibility index (Phi) is 4.00. The second-order valence-electron chi connectivity index (χ2n) is 6.54. The van der Waals surface area contributed by atoms with E-state index in [1.54, 1.807) is 0 Å². The summed E-state index contributed by atoms with van der Waals surface area (Å²) in [5.74, 6) is 0.336. The first-order valence-electron chi connectivity index (χ1n) is 7.22. The summed E-state index contributed by atoms with van der Waals surface area (Å²) < 4.78 is 1.97. The fraction of sp³-hybridized carbons (Fsp3) is 0.667. The first-order chi connectivity index (χ1) is 9.25. The Hall–Kier alpha value is -1.23. The molecular formula is C15H24N4S. The summed E-state index contributed by atoms with van der Waals surface area (Å²) in [5, 5.41) is 8.02. The van der Waals surface area contributed by atoms with E-state index in [1.807, 2.05) is 4.68 Å². The number of aromatic nitrogens is 2. The van der Waals surface area contributed by atoms with E-state index in [4.69, 9.17) is 22.3 Å². The summed E-state index contributed by atoms with van der Waals surface area (Å²) in [6.45, 7) is 14.4. The zero-order valence-corrected chi connectivity index (χ0v) is 14.1. The van der Waals surface area contributed by atoms with Gasteiger partial charge in [0.25, 0.3) is 0 Å². The van der Waals surface area contributed by atoms with Crippen LogP contribution in [0.3, 0.4) is 0 Å². The van der Waals surface area contributed by atoms with Crippen molar-refractivity contribution in [1.29, 1.82) is 0 Å². The molecule has 20 heavy (non-hydrogen) atoms. The number of nitrogens with one attached hydrogen (secondary N) is 1. The second kappa shape index (κ2) is 5.28. The minimum absolute atomic E-state index is 0.0206. The van der Waals surface area contributed by atoms with Crippen LogP contribution in [0, 0.1) is 5.41 Å². The molecule has 0 radical (unpaired) electrons. The first kappa shape index (κ1) is 15.2. The number of fused-ring (bicyclic) bond motifs is 1. The van der Waals surface area contributed by atoms with Gasteiger partial charge in [-0.05, 0) is 12.8 Å². The summed E-state index contributed by atoms with van der Waals surface area (Å²) in [4.78, 5) is 5.69. The highest BCUT2D eigenvalue weighted by molar-refractivity contribution is 7.80. The van der Waals surface area contributed by atoms with Crippen LogP contribution in [0.15, 0.2) is 4.99 Å². The van der Waals surface area contributed by atoms with E-state index >= 15 is 0 Å². The standard InChI is InChI=1S/C15H24N4S/c1-7-19-13-12(11(18-19)9(2)3)17-10(15(4,5)6)8-16-14(13)20/h9H,7-8H2,1-6H3,(H,16,20). The van der Waals surface area contributed by atoms with Crippen molar-refractivity contribution in [1.82, 2.24) is 15.1 Å². The average molecular weight is 292 g/mol. The third kappa shape index (κ3) is 2.64. The van der Waals surface area contributed by atoms with Gasteiger partial charge in [-0.1, -0.05) is 46.8 Å². The number of rotatable bonds is 2. The van der Waals surface area contributed by atoms with E-state index in [-0.39, 0.29) is 5.41 Å². The van der Waals surface area contributed by atoms with Gasteiger partial charge in [0.1, 0.15) is 16.4 Å². The SMILES string of the molecule is CCn1nc(C(C)C)c2c1C(=S)NCC(C(C)(C)C)=N2. The van der Waals surface area contributed by atoms with Crippen LogP contribution in [0.5, 0.6) is 0 Å². The lowest BCUT2D eigenvalue weighted by Gasteiger charge is -2.21. The maximum Gasteiger partial charge on any atom is 0.127 e. The highest BCUT2D eigenvalue weighted by Crippen LogP contribution is 2.33. The Morgan fingerprint density at radius 1 is 1.35 bits per heavy atom. The van der Waals surface area contributed by atoms with Crippen molar-refractivity contribution in [2.24, 2.45) is 10.4 Å².